The summed E-state index contributed by atoms with van der Waals surface area (Å²) in [5.41, 5.74) is 4.55. The highest BCUT2D eigenvalue weighted by Gasteiger charge is 2.44. The molecule has 0 N–H and O–H groups in total. The molecule has 3 aromatic rings. The molecular formula is C25H23ClN2O2S. The molecule has 1 aromatic heterocycles. The smallest absolute Gasteiger partial charge is 0.258 e. The van der Waals surface area contributed by atoms with Gasteiger partial charge in [-0.2, -0.15) is 0 Å². The van der Waals surface area contributed by atoms with Crippen LogP contribution in [0.1, 0.15) is 47.2 Å². The van der Waals surface area contributed by atoms with Crippen molar-refractivity contribution in [2.75, 3.05) is 5.75 Å². The number of thioether (sulfide) groups is 1. The SMILES string of the molecule is Cn1c(SCC(=O)c2ccc(Cl)cc2)nc2c(c1=O)C1(CCCC1)Cc1ccccc1-2. The van der Waals surface area contributed by atoms with E-state index in [9.17, 15) is 9.59 Å². The summed E-state index contributed by atoms with van der Waals surface area (Å²) in [6, 6.07) is 15.2. The maximum absolute atomic E-state index is 13.6. The number of hydrogen-bond donors (Lipinski definition) is 0. The lowest BCUT2D eigenvalue weighted by Crippen LogP contribution is -2.39. The van der Waals surface area contributed by atoms with Gasteiger partial charge in [0.15, 0.2) is 10.9 Å². The van der Waals surface area contributed by atoms with E-state index < -0.39 is 0 Å². The van der Waals surface area contributed by atoms with Gasteiger partial charge in [0.2, 0.25) is 0 Å². The van der Waals surface area contributed by atoms with Crippen LogP contribution in [0.3, 0.4) is 0 Å². The summed E-state index contributed by atoms with van der Waals surface area (Å²) in [4.78, 5) is 31.2. The second kappa shape index (κ2) is 7.95. The van der Waals surface area contributed by atoms with Crippen LogP contribution in [0.15, 0.2) is 58.5 Å². The van der Waals surface area contributed by atoms with Crippen LogP contribution in [0.5, 0.6) is 0 Å². The van der Waals surface area contributed by atoms with Crippen molar-refractivity contribution in [3.8, 4) is 11.3 Å². The first-order chi connectivity index (χ1) is 15.0. The van der Waals surface area contributed by atoms with E-state index in [0.29, 0.717) is 15.7 Å². The highest BCUT2D eigenvalue weighted by Crippen LogP contribution is 2.49. The number of nitrogens with zero attached hydrogens (tertiary/aromatic N) is 2. The molecule has 5 rings (SSSR count). The summed E-state index contributed by atoms with van der Waals surface area (Å²) in [6.45, 7) is 0. The Morgan fingerprint density at radius 3 is 2.58 bits per heavy atom. The Kier molecular flexibility index (Phi) is 5.27. The number of halogens is 1. The molecule has 0 bridgehead atoms. The molecule has 1 saturated carbocycles. The summed E-state index contributed by atoms with van der Waals surface area (Å²) in [5.74, 6) is 0.203. The van der Waals surface area contributed by atoms with Crippen LogP contribution >= 0.6 is 23.4 Å². The Bertz CT molecular complexity index is 1230. The van der Waals surface area contributed by atoms with Gasteiger partial charge in [-0.05, 0) is 49.1 Å². The van der Waals surface area contributed by atoms with Crippen molar-refractivity contribution < 1.29 is 4.79 Å². The zero-order chi connectivity index (χ0) is 21.6. The molecule has 1 heterocycles. The largest absolute Gasteiger partial charge is 0.293 e. The molecule has 0 saturated heterocycles. The highest BCUT2D eigenvalue weighted by atomic mass is 35.5. The molecule has 31 heavy (non-hydrogen) atoms. The predicted octanol–water partition coefficient (Wildman–Crippen LogP) is 5.44. The van der Waals surface area contributed by atoms with Crippen molar-refractivity contribution in [3.63, 3.8) is 0 Å². The van der Waals surface area contributed by atoms with E-state index in [2.05, 4.69) is 18.2 Å². The molecule has 0 radical (unpaired) electrons. The zero-order valence-electron chi connectivity index (χ0n) is 17.4. The molecule has 0 aliphatic heterocycles. The van der Waals surface area contributed by atoms with E-state index in [1.807, 2.05) is 6.07 Å². The average molecular weight is 451 g/mol. The van der Waals surface area contributed by atoms with Gasteiger partial charge in [-0.3, -0.25) is 14.2 Å². The number of ketones is 1. The van der Waals surface area contributed by atoms with Gasteiger partial charge in [0, 0.05) is 28.6 Å². The van der Waals surface area contributed by atoms with Crippen molar-refractivity contribution in [2.45, 2.75) is 42.7 Å². The molecule has 1 spiro atoms. The Hall–Kier alpha value is -2.37. The van der Waals surface area contributed by atoms with Gasteiger partial charge in [-0.25, -0.2) is 4.98 Å². The van der Waals surface area contributed by atoms with Gasteiger partial charge in [0.25, 0.3) is 5.56 Å². The number of rotatable bonds is 4. The minimum absolute atomic E-state index is 0.0127. The van der Waals surface area contributed by atoms with E-state index >= 15 is 0 Å². The van der Waals surface area contributed by atoms with Crippen molar-refractivity contribution >= 4 is 29.1 Å². The molecule has 0 amide bonds. The van der Waals surface area contributed by atoms with E-state index in [-0.39, 0.29) is 22.5 Å². The van der Waals surface area contributed by atoms with Crippen molar-refractivity contribution in [1.82, 2.24) is 9.55 Å². The number of carbonyl (C=O) groups excluding carboxylic acids is 1. The highest BCUT2D eigenvalue weighted by molar-refractivity contribution is 7.99. The van der Waals surface area contributed by atoms with Gasteiger partial charge in [-0.15, -0.1) is 0 Å². The third-order valence-corrected chi connectivity index (χ3v) is 7.92. The number of carbonyl (C=O) groups is 1. The minimum atomic E-state index is -0.103. The van der Waals surface area contributed by atoms with E-state index in [0.717, 1.165) is 48.9 Å². The zero-order valence-corrected chi connectivity index (χ0v) is 18.9. The molecule has 2 aromatic carbocycles. The molecule has 1 fully saturated rings. The van der Waals surface area contributed by atoms with Crippen LogP contribution in [0.25, 0.3) is 11.3 Å². The lowest BCUT2D eigenvalue weighted by Gasteiger charge is -2.36. The molecule has 2 aliphatic rings. The van der Waals surface area contributed by atoms with Gasteiger partial charge in [-0.1, -0.05) is 60.5 Å². The average Bonchev–Trinajstić information content (AvgIpc) is 3.23. The van der Waals surface area contributed by atoms with E-state index in [4.69, 9.17) is 16.6 Å². The van der Waals surface area contributed by atoms with Crippen LogP contribution in [0, 0.1) is 0 Å². The lowest BCUT2D eigenvalue weighted by atomic mass is 9.68. The van der Waals surface area contributed by atoms with Gasteiger partial charge in [0.05, 0.1) is 17.0 Å². The lowest BCUT2D eigenvalue weighted by molar-refractivity contribution is 0.102. The number of Topliss-reactive ketones (excluding diaryl/α,β-unsaturated/α-hetero) is 1. The van der Waals surface area contributed by atoms with E-state index in [1.165, 1.54) is 17.3 Å². The maximum atomic E-state index is 13.6. The minimum Gasteiger partial charge on any atom is -0.293 e. The summed E-state index contributed by atoms with van der Waals surface area (Å²) in [5, 5.41) is 1.18. The Balaban J connectivity index is 1.54. The normalized spacial score (nSPS) is 16.2. The molecule has 6 heteroatoms. The van der Waals surface area contributed by atoms with Crippen LogP contribution < -0.4 is 5.56 Å². The first-order valence-electron chi connectivity index (χ1n) is 10.6. The third kappa shape index (κ3) is 3.54. The first kappa shape index (κ1) is 20.5. The van der Waals surface area contributed by atoms with Crippen LogP contribution in [0.4, 0.5) is 0 Å². The summed E-state index contributed by atoms with van der Waals surface area (Å²) >= 11 is 7.24. The molecular weight excluding hydrogens is 428 g/mol. The van der Waals surface area contributed by atoms with Crippen molar-refractivity contribution in [2.24, 2.45) is 7.05 Å². The molecule has 4 nitrogen and oxygen atoms in total. The predicted molar refractivity (Wildman–Crippen MR) is 125 cm³/mol. The number of fused-ring (bicyclic) bond motifs is 4. The summed E-state index contributed by atoms with van der Waals surface area (Å²) < 4.78 is 1.63. The number of benzene rings is 2. The van der Waals surface area contributed by atoms with Crippen molar-refractivity contribution in [1.29, 1.82) is 0 Å². The monoisotopic (exact) mass is 450 g/mol. The Morgan fingerprint density at radius 1 is 1.13 bits per heavy atom. The first-order valence-corrected chi connectivity index (χ1v) is 12.0. The topological polar surface area (TPSA) is 52.0 Å². The fraction of sp³-hybridized carbons (Fsp3) is 0.320. The maximum Gasteiger partial charge on any atom is 0.258 e. The van der Waals surface area contributed by atoms with Crippen LogP contribution in [-0.2, 0) is 18.9 Å². The quantitative estimate of drug-likeness (QED) is 0.301. The van der Waals surface area contributed by atoms with Crippen LogP contribution in [-0.4, -0.2) is 21.1 Å². The summed E-state index contributed by atoms with van der Waals surface area (Å²) in [6.07, 6.45) is 5.28. The standard InChI is InChI=1S/C25H23ClN2O2S/c1-28-23(30)21-22(19-7-3-2-6-17(19)14-25(21)12-4-5-13-25)27-24(28)31-15-20(29)16-8-10-18(26)11-9-16/h2-3,6-11H,4-5,12-15H2,1H3. The molecule has 0 unspecified atom stereocenters. The Labute approximate surface area is 190 Å². The summed E-state index contributed by atoms with van der Waals surface area (Å²) in [7, 11) is 1.77. The third-order valence-electron chi connectivity index (χ3n) is 6.64. The molecule has 158 valence electrons. The fourth-order valence-corrected chi connectivity index (χ4v) is 6.06. The molecule has 0 atom stereocenters. The Morgan fingerprint density at radius 2 is 1.84 bits per heavy atom. The number of hydrogen-bond acceptors (Lipinski definition) is 4. The van der Waals surface area contributed by atoms with Crippen LogP contribution in [0.2, 0.25) is 5.02 Å². The van der Waals surface area contributed by atoms with Gasteiger partial charge >= 0.3 is 0 Å². The van der Waals surface area contributed by atoms with Gasteiger partial charge < -0.3 is 0 Å². The molecule has 2 aliphatic carbocycles. The number of aromatic nitrogens is 2. The second-order valence-electron chi connectivity index (χ2n) is 8.52. The second-order valence-corrected chi connectivity index (χ2v) is 9.90. The van der Waals surface area contributed by atoms with E-state index in [1.54, 1.807) is 35.9 Å². The van der Waals surface area contributed by atoms with Gasteiger partial charge in [0.1, 0.15) is 0 Å². The van der Waals surface area contributed by atoms with Crippen molar-refractivity contribution in [3.05, 3.63) is 80.6 Å². The fourth-order valence-electron chi connectivity index (χ4n) is 5.07.